The molecule has 3 aromatic rings. The van der Waals surface area contributed by atoms with Crippen LogP contribution >= 0.6 is 0 Å². The predicted molar refractivity (Wildman–Crippen MR) is 122 cm³/mol. The summed E-state index contributed by atoms with van der Waals surface area (Å²) >= 11 is 0. The first-order chi connectivity index (χ1) is 15.2. The fourth-order valence-corrected chi connectivity index (χ4v) is 2.82. The first-order valence-corrected chi connectivity index (χ1v) is 9.99. The maximum atomic E-state index is 12.8. The molecule has 0 radical (unpaired) electrons. The van der Waals surface area contributed by atoms with E-state index >= 15 is 0 Å². The van der Waals surface area contributed by atoms with Crippen molar-refractivity contribution in [1.29, 1.82) is 0 Å². The van der Waals surface area contributed by atoms with Crippen LogP contribution in [0.5, 0.6) is 5.75 Å². The number of anilines is 3. The number of hydrogen-bond acceptors (Lipinski definition) is 4. The normalized spacial score (nSPS) is 10.2. The molecule has 0 aliphatic rings. The van der Waals surface area contributed by atoms with E-state index in [2.05, 4.69) is 16.0 Å². The number of para-hydroxylation sites is 2. The van der Waals surface area contributed by atoms with Crippen molar-refractivity contribution in [2.75, 3.05) is 35.8 Å². The number of carbonyl (C=O) groups excluding carboxylic acids is 2. The minimum absolute atomic E-state index is 0.308. The molecular weight excluding hydrogens is 394 g/mol. The molecule has 0 saturated heterocycles. The Bertz CT molecular complexity index is 1010. The van der Waals surface area contributed by atoms with E-state index in [4.69, 9.17) is 9.47 Å². The van der Waals surface area contributed by atoms with Crippen LogP contribution in [0.3, 0.4) is 0 Å². The van der Waals surface area contributed by atoms with E-state index in [0.717, 1.165) is 0 Å². The van der Waals surface area contributed by atoms with Gasteiger partial charge in [0.1, 0.15) is 12.4 Å². The van der Waals surface area contributed by atoms with Gasteiger partial charge in [0.15, 0.2) is 0 Å². The number of urea groups is 1. The average Bonchev–Trinajstić information content (AvgIpc) is 2.78. The number of carbonyl (C=O) groups is 2. The monoisotopic (exact) mass is 419 g/mol. The third-order valence-corrected chi connectivity index (χ3v) is 4.23. The Morgan fingerprint density at radius 3 is 2.16 bits per heavy atom. The summed E-state index contributed by atoms with van der Waals surface area (Å²) in [6.07, 6.45) is 0. The summed E-state index contributed by atoms with van der Waals surface area (Å²) in [7, 11) is 0. The third kappa shape index (κ3) is 6.87. The summed E-state index contributed by atoms with van der Waals surface area (Å²) in [4.78, 5) is 25.0. The van der Waals surface area contributed by atoms with Crippen molar-refractivity contribution < 1.29 is 19.1 Å². The number of benzene rings is 3. The van der Waals surface area contributed by atoms with E-state index in [1.54, 1.807) is 54.6 Å². The number of nitrogens with one attached hydrogen (secondary N) is 3. The summed E-state index contributed by atoms with van der Waals surface area (Å²) in [5, 5.41) is 8.35. The van der Waals surface area contributed by atoms with E-state index in [0.29, 0.717) is 48.2 Å². The van der Waals surface area contributed by atoms with E-state index in [9.17, 15) is 9.59 Å². The van der Waals surface area contributed by atoms with Crippen LogP contribution in [0.2, 0.25) is 0 Å². The standard InChI is InChI=1S/C24H25N3O4/c1-2-30-15-16-31-22-14-7-6-13-21(22)23(28)25-19-11-8-12-20(17-19)27-24(29)26-18-9-4-3-5-10-18/h3-14,17H,2,15-16H2,1H3,(H,25,28)(H2,26,27,29). The van der Waals surface area contributed by atoms with Gasteiger partial charge in [-0.2, -0.15) is 0 Å². The van der Waals surface area contributed by atoms with Gasteiger partial charge in [0.2, 0.25) is 0 Å². The molecule has 0 aromatic heterocycles. The van der Waals surface area contributed by atoms with E-state index in [-0.39, 0.29) is 11.9 Å². The molecule has 31 heavy (non-hydrogen) atoms. The molecule has 0 aliphatic heterocycles. The number of hydrogen-bond donors (Lipinski definition) is 3. The first kappa shape index (κ1) is 21.9. The molecule has 7 heteroatoms. The van der Waals surface area contributed by atoms with Crippen LogP contribution in [0, 0.1) is 0 Å². The van der Waals surface area contributed by atoms with E-state index in [1.807, 2.05) is 31.2 Å². The zero-order chi connectivity index (χ0) is 21.9. The van der Waals surface area contributed by atoms with Crippen LogP contribution < -0.4 is 20.7 Å². The molecule has 3 aromatic carbocycles. The highest BCUT2D eigenvalue weighted by Crippen LogP contribution is 2.21. The highest BCUT2D eigenvalue weighted by Gasteiger charge is 2.13. The second kappa shape index (κ2) is 11.4. The van der Waals surface area contributed by atoms with Crippen LogP contribution in [0.25, 0.3) is 0 Å². The maximum absolute atomic E-state index is 12.8. The van der Waals surface area contributed by atoms with Gasteiger partial charge < -0.3 is 25.4 Å². The zero-order valence-corrected chi connectivity index (χ0v) is 17.3. The van der Waals surface area contributed by atoms with Gasteiger partial charge in [-0.1, -0.05) is 36.4 Å². The van der Waals surface area contributed by atoms with Gasteiger partial charge >= 0.3 is 6.03 Å². The number of amides is 3. The molecule has 0 atom stereocenters. The summed E-state index contributed by atoms with van der Waals surface area (Å²) in [6.45, 7) is 3.33. The Morgan fingerprint density at radius 2 is 1.39 bits per heavy atom. The Labute approximate surface area is 181 Å². The fraction of sp³-hybridized carbons (Fsp3) is 0.167. The topological polar surface area (TPSA) is 88.7 Å². The van der Waals surface area contributed by atoms with Crippen LogP contribution in [0.1, 0.15) is 17.3 Å². The van der Waals surface area contributed by atoms with Crippen molar-refractivity contribution in [2.45, 2.75) is 6.92 Å². The maximum Gasteiger partial charge on any atom is 0.323 e. The van der Waals surface area contributed by atoms with Gasteiger partial charge in [0.25, 0.3) is 5.91 Å². The van der Waals surface area contributed by atoms with Crippen molar-refractivity contribution >= 4 is 29.0 Å². The lowest BCUT2D eigenvalue weighted by atomic mass is 10.1. The van der Waals surface area contributed by atoms with Crippen molar-refractivity contribution in [2.24, 2.45) is 0 Å². The average molecular weight is 419 g/mol. The minimum Gasteiger partial charge on any atom is -0.490 e. The Morgan fingerprint density at radius 1 is 0.742 bits per heavy atom. The van der Waals surface area contributed by atoms with Gasteiger partial charge in [0, 0.05) is 23.7 Å². The minimum atomic E-state index is -0.372. The molecule has 0 unspecified atom stereocenters. The number of rotatable bonds is 9. The molecule has 160 valence electrons. The fourth-order valence-electron chi connectivity index (χ4n) is 2.82. The summed E-state index contributed by atoms with van der Waals surface area (Å²) in [6, 6.07) is 22.7. The molecule has 3 amide bonds. The zero-order valence-electron chi connectivity index (χ0n) is 17.3. The highest BCUT2D eigenvalue weighted by atomic mass is 16.5. The summed E-state index contributed by atoms with van der Waals surface area (Å²) in [5.74, 6) is 0.175. The van der Waals surface area contributed by atoms with Crippen molar-refractivity contribution in [1.82, 2.24) is 0 Å². The van der Waals surface area contributed by atoms with Crippen molar-refractivity contribution in [3.63, 3.8) is 0 Å². The molecule has 3 N–H and O–H groups in total. The SMILES string of the molecule is CCOCCOc1ccccc1C(=O)Nc1cccc(NC(=O)Nc2ccccc2)c1. The second-order valence-corrected chi connectivity index (χ2v) is 6.52. The molecule has 3 rings (SSSR count). The Balaban J connectivity index is 1.62. The lowest BCUT2D eigenvalue weighted by Crippen LogP contribution is -2.19. The van der Waals surface area contributed by atoms with Crippen LogP contribution in [0.15, 0.2) is 78.9 Å². The lowest BCUT2D eigenvalue weighted by Gasteiger charge is -2.13. The third-order valence-electron chi connectivity index (χ3n) is 4.23. The largest absolute Gasteiger partial charge is 0.490 e. The van der Waals surface area contributed by atoms with Gasteiger partial charge in [-0.15, -0.1) is 0 Å². The molecule has 0 saturated carbocycles. The molecule has 7 nitrogen and oxygen atoms in total. The highest BCUT2D eigenvalue weighted by molar-refractivity contribution is 6.06. The number of ether oxygens (including phenoxy) is 2. The van der Waals surface area contributed by atoms with Gasteiger partial charge in [-0.3, -0.25) is 4.79 Å². The first-order valence-electron chi connectivity index (χ1n) is 9.99. The van der Waals surface area contributed by atoms with Crippen molar-refractivity contribution in [3.05, 3.63) is 84.4 Å². The van der Waals surface area contributed by atoms with E-state index in [1.165, 1.54) is 0 Å². The van der Waals surface area contributed by atoms with Gasteiger partial charge in [0.05, 0.1) is 12.2 Å². The van der Waals surface area contributed by atoms with Crippen LogP contribution in [-0.4, -0.2) is 31.8 Å². The second-order valence-electron chi connectivity index (χ2n) is 6.52. The Hall–Kier alpha value is -3.84. The molecule has 0 fully saturated rings. The van der Waals surface area contributed by atoms with Gasteiger partial charge in [-0.05, 0) is 49.4 Å². The molecular formula is C24H25N3O4. The predicted octanol–water partition coefficient (Wildman–Crippen LogP) is 5.00. The van der Waals surface area contributed by atoms with Crippen LogP contribution in [0.4, 0.5) is 21.9 Å². The summed E-state index contributed by atoms with van der Waals surface area (Å²) in [5.41, 5.74) is 2.20. The van der Waals surface area contributed by atoms with E-state index < -0.39 is 0 Å². The van der Waals surface area contributed by atoms with Gasteiger partial charge in [-0.25, -0.2) is 4.79 Å². The molecule has 0 spiro atoms. The smallest absolute Gasteiger partial charge is 0.323 e. The molecule has 0 aliphatic carbocycles. The quantitative estimate of drug-likeness (QED) is 0.426. The summed E-state index contributed by atoms with van der Waals surface area (Å²) < 4.78 is 10.9. The molecule has 0 heterocycles. The van der Waals surface area contributed by atoms with Crippen LogP contribution in [-0.2, 0) is 4.74 Å². The lowest BCUT2D eigenvalue weighted by molar-refractivity contribution is 0.0998. The van der Waals surface area contributed by atoms with Crippen molar-refractivity contribution in [3.8, 4) is 5.75 Å². The Kier molecular flexibility index (Phi) is 8.02. The molecule has 0 bridgehead atoms.